The number of fused-ring (bicyclic) bond motifs is 1. The highest BCUT2D eigenvalue weighted by atomic mass is 19.1. The van der Waals surface area contributed by atoms with E-state index in [2.05, 4.69) is 20.3 Å². The van der Waals surface area contributed by atoms with Crippen molar-refractivity contribution in [3.05, 3.63) is 30.5 Å². The van der Waals surface area contributed by atoms with Gasteiger partial charge in [-0.1, -0.05) is 0 Å². The minimum atomic E-state index is -0.826. The van der Waals surface area contributed by atoms with Gasteiger partial charge in [-0.05, 0) is 0 Å². The Morgan fingerprint density at radius 2 is 2.35 bits per heavy atom. The van der Waals surface area contributed by atoms with Crippen molar-refractivity contribution in [2.45, 2.75) is 19.2 Å². The summed E-state index contributed by atoms with van der Waals surface area (Å²) in [6, 6.07) is 1.70. The summed E-state index contributed by atoms with van der Waals surface area (Å²) >= 11 is 0. The van der Waals surface area contributed by atoms with E-state index in [1.807, 2.05) is 0 Å². The second kappa shape index (κ2) is 5.51. The molecule has 1 unspecified atom stereocenters. The van der Waals surface area contributed by atoms with E-state index in [1.165, 1.54) is 6.26 Å². The summed E-state index contributed by atoms with van der Waals surface area (Å²) in [6.45, 7) is 0.968. The van der Waals surface area contributed by atoms with Crippen molar-refractivity contribution in [2.24, 2.45) is 0 Å². The zero-order chi connectivity index (χ0) is 15.8. The van der Waals surface area contributed by atoms with Crippen LogP contribution in [0.25, 0.3) is 11.2 Å². The molecule has 0 radical (unpaired) electrons. The Morgan fingerprint density at radius 3 is 3.09 bits per heavy atom. The number of anilines is 1. The van der Waals surface area contributed by atoms with Crippen molar-refractivity contribution >= 4 is 17.0 Å². The molecule has 0 bridgehead atoms. The molecule has 1 N–H and O–H groups in total. The minimum Gasteiger partial charge on any atom is -0.493 e. The number of hydrogen-bond donors (Lipinski definition) is 1. The Kier molecular flexibility index (Phi) is 3.34. The molecule has 1 saturated heterocycles. The fourth-order valence-electron chi connectivity index (χ4n) is 2.47. The molecule has 0 aromatic carbocycles. The molecule has 0 saturated carbocycles. The first kappa shape index (κ1) is 13.9. The van der Waals surface area contributed by atoms with Crippen molar-refractivity contribution in [3.8, 4) is 5.75 Å². The zero-order valence-corrected chi connectivity index (χ0v) is 12.3. The van der Waals surface area contributed by atoms with Gasteiger partial charge in [-0.2, -0.15) is 14.4 Å². The number of aromatic nitrogens is 4. The maximum absolute atomic E-state index is 13.8. The van der Waals surface area contributed by atoms with E-state index in [-0.39, 0.29) is 12.8 Å². The molecule has 3 aromatic heterocycles. The smallest absolute Gasteiger partial charge is 0.312 e. The van der Waals surface area contributed by atoms with Crippen molar-refractivity contribution in [1.82, 2.24) is 19.5 Å². The molecule has 4 heterocycles. The largest absolute Gasteiger partial charge is 0.493 e. The lowest BCUT2D eigenvalue weighted by Gasteiger charge is -2.27. The third-order valence-electron chi connectivity index (χ3n) is 3.72. The average Bonchev–Trinajstić information content (AvgIpc) is 3.10. The van der Waals surface area contributed by atoms with Gasteiger partial charge in [0.05, 0.1) is 32.9 Å². The highest BCUT2D eigenvalue weighted by Gasteiger charge is 2.24. The Morgan fingerprint density at radius 1 is 1.48 bits per heavy atom. The topological polar surface area (TPSA) is 87.2 Å². The predicted octanol–water partition coefficient (Wildman–Crippen LogP) is 2.10. The number of nitrogens with zero attached hydrogens (tertiary/aromatic N) is 4. The third-order valence-corrected chi connectivity index (χ3v) is 3.72. The number of ether oxygens (including phenoxy) is 2. The van der Waals surface area contributed by atoms with Crippen LogP contribution in [0, 0.1) is 6.08 Å². The van der Waals surface area contributed by atoms with Gasteiger partial charge < -0.3 is 19.2 Å². The summed E-state index contributed by atoms with van der Waals surface area (Å²) in [5.41, 5.74) is 0.878. The normalized spacial score (nSPS) is 17.2. The standard InChI is InChI=1S/C14H14FN5O3/c1-21-8-2-4-22-9(8)6-16-12-11-13(19-14(15)18-12)20(7-17-11)10-3-5-23-10/h2,4,7,10H,3,5-6H2,1H3,(H,16,18,19). The maximum atomic E-state index is 13.8. The van der Waals surface area contributed by atoms with Crippen LogP contribution in [0.3, 0.4) is 0 Å². The van der Waals surface area contributed by atoms with Gasteiger partial charge in [0.1, 0.15) is 6.23 Å². The average molecular weight is 319 g/mol. The quantitative estimate of drug-likeness (QED) is 0.720. The van der Waals surface area contributed by atoms with Gasteiger partial charge in [0.15, 0.2) is 28.5 Å². The van der Waals surface area contributed by atoms with Crippen LogP contribution < -0.4 is 10.1 Å². The SMILES string of the molecule is COc1ccoc1CNc1nc(F)nc2c1ncn2C1CCO1. The number of methoxy groups -OCH3 is 1. The summed E-state index contributed by atoms with van der Waals surface area (Å²) in [5, 5.41) is 3.01. The first-order chi connectivity index (χ1) is 11.3. The van der Waals surface area contributed by atoms with Crippen LogP contribution in [0.5, 0.6) is 5.75 Å². The van der Waals surface area contributed by atoms with Crippen molar-refractivity contribution < 1.29 is 18.3 Å². The maximum Gasteiger partial charge on any atom is 0.312 e. The van der Waals surface area contributed by atoms with Gasteiger partial charge in [0.2, 0.25) is 0 Å². The number of imidazole rings is 1. The van der Waals surface area contributed by atoms with Crippen LogP contribution in [-0.2, 0) is 11.3 Å². The van der Waals surface area contributed by atoms with E-state index in [4.69, 9.17) is 13.9 Å². The van der Waals surface area contributed by atoms with Crippen molar-refractivity contribution in [3.63, 3.8) is 0 Å². The molecule has 0 spiro atoms. The Labute approximate surface area is 130 Å². The van der Waals surface area contributed by atoms with E-state index in [9.17, 15) is 4.39 Å². The molecule has 23 heavy (non-hydrogen) atoms. The lowest BCUT2D eigenvalue weighted by Crippen LogP contribution is -2.24. The Bertz CT molecular complexity index is 842. The minimum absolute atomic E-state index is 0.146. The van der Waals surface area contributed by atoms with Gasteiger partial charge in [0, 0.05) is 12.5 Å². The molecule has 0 amide bonds. The van der Waals surface area contributed by atoms with Crippen LogP contribution in [0.15, 0.2) is 23.1 Å². The number of nitrogens with one attached hydrogen (secondary N) is 1. The van der Waals surface area contributed by atoms with Gasteiger partial charge in [-0.15, -0.1) is 0 Å². The fraction of sp³-hybridized carbons (Fsp3) is 0.357. The van der Waals surface area contributed by atoms with Crippen molar-refractivity contribution in [1.29, 1.82) is 0 Å². The summed E-state index contributed by atoms with van der Waals surface area (Å²) < 4.78 is 31.4. The molecule has 4 rings (SSSR count). The number of hydrogen-bond acceptors (Lipinski definition) is 7. The lowest BCUT2D eigenvalue weighted by atomic mass is 10.3. The second-order valence-corrected chi connectivity index (χ2v) is 5.05. The highest BCUT2D eigenvalue weighted by Crippen LogP contribution is 2.29. The Hall–Kier alpha value is -2.68. The second-order valence-electron chi connectivity index (χ2n) is 5.05. The molecular weight excluding hydrogens is 305 g/mol. The molecule has 1 fully saturated rings. The first-order valence-electron chi connectivity index (χ1n) is 7.12. The molecular formula is C14H14FN5O3. The van der Waals surface area contributed by atoms with Crippen LogP contribution in [0.2, 0.25) is 0 Å². The molecule has 1 aliphatic rings. The molecule has 1 atom stereocenters. The number of rotatable bonds is 5. The fourth-order valence-corrected chi connectivity index (χ4v) is 2.47. The molecule has 3 aromatic rings. The van der Waals surface area contributed by atoms with Gasteiger partial charge in [0.25, 0.3) is 0 Å². The summed E-state index contributed by atoms with van der Waals surface area (Å²) in [7, 11) is 1.55. The van der Waals surface area contributed by atoms with E-state index in [0.29, 0.717) is 35.1 Å². The van der Waals surface area contributed by atoms with E-state index in [1.54, 1.807) is 24.1 Å². The first-order valence-corrected chi connectivity index (χ1v) is 7.12. The van der Waals surface area contributed by atoms with Gasteiger partial charge >= 0.3 is 6.08 Å². The van der Waals surface area contributed by atoms with E-state index >= 15 is 0 Å². The number of halogens is 1. The Balaban J connectivity index is 1.65. The van der Waals surface area contributed by atoms with Gasteiger partial charge in [-0.3, -0.25) is 4.57 Å². The van der Waals surface area contributed by atoms with E-state index < -0.39 is 6.08 Å². The van der Waals surface area contributed by atoms with Crippen LogP contribution in [0.4, 0.5) is 10.2 Å². The number of furan rings is 1. The van der Waals surface area contributed by atoms with Crippen LogP contribution in [0.1, 0.15) is 18.4 Å². The van der Waals surface area contributed by atoms with Crippen LogP contribution in [-0.4, -0.2) is 33.2 Å². The molecule has 8 nitrogen and oxygen atoms in total. The summed E-state index contributed by atoms with van der Waals surface area (Å²) in [5.74, 6) is 1.49. The third kappa shape index (κ3) is 2.38. The van der Waals surface area contributed by atoms with E-state index in [0.717, 1.165) is 6.42 Å². The molecule has 9 heteroatoms. The van der Waals surface area contributed by atoms with Gasteiger partial charge in [-0.25, -0.2) is 4.98 Å². The lowest BCUT2D eigenvalue weighted by molar-refractivity contribution is -0.0974. The molecule has 120 valence electrons. The van der Waals surface area contributed by atoms with Crippen molar-refractivity contribution in [2.75, 3.05) is 19.0 Å². The highest BCUT2D eigenvalue weighted by molar-refractivity contribution is 5.82. The molecule has 0 aliphatic carbocycles. The molecule has 1 aliphatic heterocycles. The monoisotopic (exact) mass is 319 g/mol. The zero-order valence-electron chi connectivity index (χ0n) is 12.3. The summed E-state index contributed by atoms with van der Waals surface area (Å²) in [6.07, 6.45) is 2.99. The predicted molar refractivity (Wildman–Crippen MR) is 77.5 cm³/mol. The van der Waals surface area contributed by atoms with Crippen LogP contribution >= 0.6 is 0 Å². The summed E-state index contributed by atoms with van der Waals surface area (Å²) in [4.78, 5) is 11.9.